The van der Waals surface area contributed by atoms with Gasteiger partial charge in [0.25, 0.3) is 0 Å². The minimum Gasteiger partial charge on any atom is -0.506 e. The minimum atomic E-state index is 0.378. The summed E-state index contributed by atoms with van der Waals surface area (Å²) >= 11 is 0. The molecule has 0 atom stereocenters. The molecule has 2 rings (SSSR count). The van der Waals surface area contributed by atoms with Crippen molar-refractivity contribution in [3.63, 3.8) is 0 Å². The molecule has 0 amide bonds. The van der Waals surface area contributed by atoms with Gasteiger partial charge in [0.15, 0.2) is 0 Å². The Labute approximate surface area is 103 Å². The molecular weight excluding hydrogens is 214 g/mol. The summed E-state index contributed by atoms with van der Waals surface area (Å²) in [6.45, 7) is 5.90. The molecule has 1 aromatic carbocycles. The standard InChI is InChI=1S/C13H21N3O/c14-6-3-7-15-8-10-16(11-9-15)12-4-1-2-5-13(12)17/h1-2,4-5,17H,3,6-11,14H2. The van der Waals surface area contributed by atoms with Crippen LogP contribution in [-0.4, -0.2) is 49.3 Å². The Hall–Kier alpha value is -1.26. The van der Waals surface area contributed by atoms with E-state index >= 15 is 0 Å². The largest absolute Gasteiger partial charge is 0.506 e. The SMILES string of the molecule is NCCCN1CCN(c2ccccc2O)CC1. The van der Waals surface area contributed by atoms with E-state index in [9.17, 15) is 5.11 Å². The Kier molecular flexibility index (Phi) is 4.23. The highest BCUT2D eigenvalue weighted by molar-refractivity contribution is 5.57. The number of piperazine rings is 1. The van der Waals surface area contributed by atoms with E-state index in [1.165, 1.54) is 0 Å². The van der Waals surface area contributed by atoms with Crippen LogP contribution < -0.4 is 10.6 Å². The van der Waals surface area contributed by atoms with Gasteiger partial charge in [0.05, 0.1) is 5.69 Å². The molecule has 1 aliphatic heterocycles. The molecule has 1 aromatic rings. The fourth-order valence-electron chi connectivity index (χ4n) is 2.26. The van der Waals surface area contributed by atoms with E-state index in [4.69, 9.17) is 5.73 Å². The number of nitrogens with two attached hydrogens (primary N) is 1. The van der Waals surface area contributed by atoms with Crippen molar-refractivity contribution in [1.82, 2.24) is 4.90 Å². The highest BCUT2D eigenvalue weighted by Gasteiger charge is 2.18. The molecule has 0 aliphatic carbocycles. The Morgan fingerprint density at radius 3 is 2.47 bits per heavy atom. The van der Waals surface area contributed by atoms with Crippen LogP contribution in [0.15, 0.2) is 24.3 Å². The summed E-state index contributed by atoms with van der Waals surface area (Å²) < 4.78 is 0. The maximum Gasteiger partial charge on any atom is 0.138 e. The van der Waals surface area contributed by atoms with E-state index < -0.39 is 0 Å². The van der Waals surface area contributed by atoms with Crippen LogP contribution >= 0.6 is 0 Å². The number of benzene rings is 1. The molecule has 1 heterocycles. The van der Waals surface area contributed by atoms with E-state index in [2.05, 4.69) is 9.80 Å². The van der Waals surface area contributed by atoms with Gasteiger partial charge in [-0.25, -0.2) is 0 Å². The molecule has 0 aromatic heterocycles. The second kappa shape index (κ2) is 5.89. The van der Waals surface area contributed by atoms with Crippen LogP contribution in [0.1, 0.15) is 6.42 Å². The molecule has 4 nitrogen and oxygen atoms in total. The number of anilines is 1. The number of phenolic OH excluding ortho intramolecular Hbond substituents is 1. The zero-order valence-electron chi connectivity index (χ0n) is 10.2. The molecule has 1 aliphatic rings. The maximum absolute atomic E-state index is 9.80. The number of aromatic hydroxyl groups is 1. The van der Waals surface area contributed by atoms with Crippen molar-refractivity contribution < 1.29 is 5.11 Å². The van der Waals surface area contributed by atoms with E-state index in [0.717, 1.165) is 51.4 Å². The fraction of sp³-hybridized carbons (Fsp3) is 0.538. The third-order valence-electron chi connectivity index (χ3n) is 3.27. The molecular formula is C13H21N3O. The van der Waals surface area contributed by atoms with Crippen molar-refractivity contribution in [2.75, 3.05) is 44.2 Å². The molecule has 94 valence electrons. The number of hydrogen-bond acceptors (Lipinski definition) is 4. The van der Waals surface area contributed by atoms with Crippen molar-refractivity contribution in [1.29, 1.82) is 0 Å². The normalized spacial score (nSPS) is 17.4. The third-order valence-corrected chi connectivity index (χ3v) is 3.27. The molecule has 4 heteroatoms. The predicted octanol–water partition coefficient (Wildman–Crippen LogP) is 0.863. The summed E-state index contributed by atoms with van der Waals surface area (Å²) in [6, 6.07) is 7.55. The summed E-state index contributed by atoms with van der Waals surface area (Å²) in [7, 11) is 0. The van der Waals surface area contributed by atoms with Crippen molar-refractivity contribution in [3.05, 3.63) is 24.3 Å². The van der Waals surface area contributed by atoms with Crippen LogP contribution in [0.4, 0.5) is 5.69 Å². The predicted molar refractivity (Wildman–Crippen MR) is 70.4 cm³/mol. The fourth-order valence-corrected chi connectivity index (χ4v) is 2.26. The lowest BCUT2D eigenvalue weighted by molar-refractivity contribution is 0.256. The molecule has 0 spiro atoms. The maximum atomic E-state index is 9.80. The van der Waals surface area contributed by atoms with Crippen LogP contribution in [-0.2, 0) is 0 Å². The molecule has 17 heavy (non-hydrogen) atoms. The lowest BCUT2D eigenvalue weighted by Crippen LogP contribution is -2.46. The van der Waals surface area contributed by atoms with E-state index in [-0.39, 0.29) is 0 Å². The highest BCUT2D eigenvalue weighted by Crippen LogP contribution is 2.27. The molecule has 0 radical (unpaired) electrons. The lowest BCUT2D eigenvalue weighted by Gasteiger charge is -2.36. The summed E-state index contributed by atoms with van der Waals surface area (Å²) in [4.78, 5) is 4.68. The topological polar surface area (TPSA) is 52.7 Å². The first-order valence-corrected chi connectivity index (χ1v) is 6.26. The molecule has 1 fully saturated rings. The molecule has 0 bridgehead atoms. The first kappa shape index (κ1) is 12.2. The zero-order valence-corrected chi connectivity index (χ0v) is 10.2. The first-order chi connectivity index (χ1) is 8.31. The van der Waals surface area contributed by atoms with Crippen LogP contribution in [0.25, 0.3) is 0 Å². The van der Waals surface area contributed by atoms with Gasteiger partial charge in [-0.15, -0.1) is 0 Å². The zero-order chi connectivity index (χ0) is 12.1. The van der Waals surface area contributed by atoms with Gasteiger partial charge in [0.1, 0.15) is 5.75 Å². The number of hydrogen-bond donors (Lipinski definition) is 2. The van der Waals surface area contributed by atoms with Gasteiger partial charge in [0, 0.05) is 26.2 Å². The molecule has 0 unspecified atom stereocenters. The van der Waals surface area contributed by atoms with E-state index in [1.807, 2.05) is 18.2 Å². The van der Waals surface area contributed by atoms with Crippen LogP contribution in [0.2, 0.25) is 0 Å². The van der Waals surface area contributed by atoms with Crippen LogP contribution in [0, 0.1) is 0 Å². The van der Waals surface area contributed by atoms with Crippen molar-refractivity contribution in [3.8, 4) is 5.75 Å². The summed E-state index contributed by atoms with van der Waals surface area (Å²) in [6.07, 6.45) is 1.07. The van der Waals surface area contributed by atoms with Crippen LogP contribution in [0.3, 0.4) is 0 Å². The summed E-state index contributed by atoms with van der Waals surface area (Å²) in [5, 5.41) is 9.80. The number of nitrogens with zero attached hydrogens (tertiary/aromatic N) is 2. The lowest BCUT2D eigenvalue weighted by atomic mass is 10.2. The van der Waals surface area contributed by atoms with Gasteiger partial charge in [-0.05, 0) is 31.6 Å². The van der Waals surface area contributed by atoms with Gasteiger partial charge < -0.3 is 15.7 Å². The Balaban J connectivity index is 1.89. The number of phenols is 1. The van der Waals surface area contributed by atoms with Crippen molar-refractivity contribution in [2.45, 2.75) is 6.42 Å². The highest BCUT2D eigenvalue weighted by atomic mass is 16.3. The van der Waals surface area contributed by atoms with Gasteiger partial charge in [-0.2, -0.15) is 0 Å². The average Bonchev–Trinajstić information content (AvgIpc) is 2.38. The average molecular weight is 235 g/mol. The van der Waals surface area contributed by atoms with Gasteiger partial charge in [-0.3, -0.25) is 4.90 Å². The Morgan fingerprint density at radius 1 is 1.12 bits per heavy atom. The molecule has 1 saturated heterocycles. The molecule has 3 N–H and O–H groups in total. The molecule has 0 saturated carbocycles. The summed E-state index contributed by atoms with van der Waals surface area (Å²) in [5.41, 5.74) is 6.46. The second-order valence-corrected chi connectivity index (χ2v) is 4.46. The van der Waals surface area contributed by atoms with E-state index in [1.54, 1.807) is 6.07 Å². The van der Waals surface area contributed by atoms with Crippen molar-refractivity contribution in [2.24, 2.45) is 5.73 Å². The number of para-hydroxylation sites is 2. The van der Waals surface area contributed by atoms with E-state index in [0.29, 0.717) is 5.75 Å². The third kappa shape index (κ3) is 3.11. The number of rotatable bonds is 4. The van der Waals surface area contributed by atoms with Gasteiger partial charge in [-0.1, -0.05) is 12.1 Å². The smallest absolute Gasteiger partial charge is 0.138 e. The second-order valence-electron chi connectivity index (χ2n) is 4.46. The quantitative estimate of drug-likeness (QED) is 0.813. The van der Waals surface area contributed by atoms with Gasteiger partial charge in [0.2, 0.25) is 0 Å². The Bertz CT molecular complexity index is 348. The Morgan fingerprint density at radius 2 is 1.82 bits per heavy atom. The van der Waals surface area contributed by atoms with Crippen molar-refractivity contribution >= 4 is 5.69 Å². The first-order valence-electron chi connectivity index (χ1n) is 6.26. The van der Waals surface area contributed by atoms with Crippen LogP contribution in [0.5, 0.6) is 5.75 Å². The summed E-state index contributed by atoms with van der Waals surface area (Å²) in [5.74, 6) is 0.378. The minimum absolute atomic E-state index is 0.378. The van der Waals surface area contributed by atoms with Gasteiger partial charge >= 0.3 is 0 Å². The monoisotopic (exact) mass is 235 g/mol.